The van der Waals surface area contributed by atoms with E-state index in [2.05, 4.69) is 39.2 Å². The van der Waals surface area contributed by atoms with Crippen LogP contribution in [0.1, 0.15) is 24.4 Å². The van der Waals surface area contributed by atoms with Crippen LogP contribution >= 0.6 is 22.7 Å². The quantitative estimate of drug-likeness (QED) is 0.445. The van der Waals surface area contributed by atoms with Crippen LogP contribution in [-0.2, 0) is 11.2 Å². The molecule has 28 heavy (non-hydrogen) atoms. The number of rotatable bonds is 8. The Labute approximate surface area is 170 Å². The third-order valence-corrected chi connectivity index (χ3v) is 5.84. The van der Waals surface area contributed by atoms with Crippen LogP contribution in [0, 0.1) is 5.82 Å². The molecular weight excluding hydrogens is 397 g/mol. The van der Waals surface area contributed by atoms with Crippen LogP contribution in [-0.4, -0.2) is 35.2 Å². The summed E-state index contributed by atoms with van der Waals surface area (Å²) >= 11 is 2.94. The summed E-state index contributed by atoms with van der Waals surface area (Å²) in [4.78, 5) is 23.9. The molecule has 1 amide bonds. The van der Waals surface area contributed by atoms with Crippen LogP contribution in [0.15, 0.2) is 40.9 Å². The molecule has 6 nitrogen and oxygen atoms in total. The lowest BCUT2D eigenvalue weighted by Gasteiger charge is -2.16. The number of nitrogens with one attached hydrogen (secondary N) is 1. The molecule has 0 aliphatic heterocycles. The van der Waals surface area contributed by atoms with Crippen molar-refractivity contribution in [3.05, 3.63) is 52.2 Å². The van der Waals surface area contributed by atoms with Crippen LogP contribution in [0.2, 0.25) is 0 Å². The molecule has 0 saturated heterocycles. The predicted octanol–water partition coefficient (Wildman–Crippen LogP) is 3.94. The molecule has 2 heterocycles. The molecule has 0 radical (unpaired) electrons. The van der Waals surface area contributed by atoms with Crippen molar-refractivity contribution in [2.24, 2.45) is 5.10 Å². The molecule has 0 unspecified atom stereocenters. The fourth-order valence-corrected chi connectivity index (χ4v) is 4.20. The first-order valence-electron chi connectivity index (χ1n) is 8.82. The lowest BCUT2D eigenvalue weighted by molar-refractivity contribution is -0.120. The summed E-state index contributed by atoms with van der Waals surface area (Å²) in [5.41, 5.74) is 3.99. The summed E-state index contributed by atoms with van der Waals surface area (Å²) in [5, 5.41) is 7.51. The molecule has 0 fully saturated rings. The molecule has 0 aliphatic carbocycles. The Kier molecular flexibility index (Phi) is 6.83. The molecule has 1 aromatic carbocycles. The first-order valence-corrected chi connectivity index (χ1v) is 10.5. The van der Waals surface area contributed by atoms with Gasteiger partial charge in [-0.1, -0.05) is 11.3 Å². The minimum atomic E-state index is -0.289. The van der Waals surface area contributed by atoms with E-state index >= 15 is 0 Å². The number of anilines is 1. The van der Waals surface area contributed by atoms with E-state index in [1.807, 2.05) is 5.38 Å². The summed E-state index contributed by atoms with van der Waals surface area (Å²) < 4.78 is 13.0. The number of benzene rings is 1. The monoisotopic (exact) mass is 417 g/mol. The van der Waals surface area contributed by atoms with E-state index in [1.54, 1.807) is 24.5 Å². The van der Waals surface area contributed by atoms with Gasteiger partial charge in [-0.05, 0) is 38.1 Å². The van der Waals surface area contributed by atoms with E-state index in [-0.39, 0.29) is 18.1 Å². The lowest BCUT2D eigenvalue weighted by Crippen LogP contribution is -2.21. The predicted molar refractivity (Wildman–Crippen MR) is 113 cm³/mol. The Morgan fingerprint density at radius 1 is 1.29 bits per heavy atom. The Hall–Kier alpha value is -2.65. The standard InChI is InChI=1S/C19H20FN5OS2/c1-3-25(4-2)19-21-10-16(28-19)11-22-24-17(26)9-15-12-27-18(23-15)13-5-7-14(20)8-6-13/h5-8,10-12H,3-4,9H2,1-2H3,(H,24,26)/b22-11-. The fraction of sp³-hybridized carbons (Fsp3) is 0.263. The van der Waals surface area contributed by atoms with E-state index in [4.69, 9.17) is 0 Å². The molecule has 1 N–H and O–H groups in total. The average Bonchev–Trinajstić information content (AvgIpc) is 3.34. The third-order valence-electron chi connectivity index (χ3n) is 3.91. The molecule has 2 aromatic heterocycles. The molecule has 0 aliphatic rings. The minimum Gasteiger partial charge on any atom is -0.349 e. The maximum Gasteiger partial charge on any atom is 0.246 e. The molecule has 0 spiro atoms. The molecule has 9 heteroatoms. The van der Waals surface area contributed by atoms with Crippen molar-refractivity contribution in [3.63, 3.8) is 0 Å². The Balaban J connectivity index is 1.53. The molecule has 3 rings (SSSR count). The maximum atomic E-state index is 13.0. The maximum absolute atomic E-state index is 13.0. The largest absolute Gasteiger partial charge is 0.349 e. The number of carbonyl (C=O) groups is 1. The second kappa shape index (κ2) is 9.52. The number of hydrogen-bond acceptors (Lipinski definition) is 7. The van der Waals surface area contributed by atoms with Gasteiger partial charge in [0, 0.05) is 30.2 Å². The zero-order valence-electron chi connectivity index (χ0n) is 15.6. The minimum absolute atomic E-state index is 0.127. The highest BCUT2D eigenvalue weighted by molar-refractivity contribution is 7.17. The first kappa shape index (κ1) is 20.1. The van der Waals surface area contributed by atoms with E-state index in [0.29, 0.717) is 5.69 Å². The highest BCUT2D eigenvalue weighted by atomic mass is 32.1. The van der Waals surface area contributed by atoms with Crippen LogP contribution in [0.5, 0.6) is 0 Å². The summed E-state index contributed by atoms with van der Waals surface area (Å²) in [6.07, 6.45) is 3.46. The van der Waals surface area contributed by atoms with Crippen molar-refractivity contribution in [1.29, 1.82) is 0 Å². The van der Waals surface area contributed by atoms with Gasteiger partial charge in [0.15, 0.2) is 5.13 Å². The zero-order valence-corrected chi connectivity index (χ0v) is 17.2. The summed E-state index contributed by atoms with van der Waals surface area (Å²) in [6.45, 7) is 5.95. The van der Waals surface area contributed by atoms with Crippen molar-refractivity contribution in [2.45, 2.75) is 20.3 Å². The average molecular weight is 418 g/mol. The Morgan fingerprint density at radius 3 is 2.75 bits per heavy atom. The van der Waals surface area contributed by atoms with E-state index in [9.17, 15) is 9.18 Å². The summed E-state index contributed by atoms with van der Waals surface area (Å²) in [5.74, 6) is -0.538. The highest BCUT2D eigenvalue weighted by Crippen LogP contribution is 2.24. The van der Waals surface area contributed by atoms with Gasteiger partial charge in [0.25, 0.3) is 0 Å². The number of aromatic nitrogens is 2. The van der Waals surface area contributed by atoms with Crippen molar-refractivity contribution in [1.82, 2.24) is 15.4 Å². The molecule has 0 atom stereocenters. The number of hydrogen-bond donors (Lipinski definition) is 1. The Morgan fingerprint density at radius 2 is 2.04 bits per heavy atom. The number of nitrogens with zero attached hydrogens (tertiary/aromatic N) is 4. The fourth-order valence-electron chi connectivity index (χ4n) is 2.46. The SMILES string of the molecule is CCN(CC)c1ncc(/C=N\NC(=O)Cc2csc(-c3ccc(F)cc3)n2)s1. The van der Waals surface area contributed by atoms with Crippen molar-refractivity contribution in [3.8, 4) is 10.6 Å². The second-order valence-electron chi connectivity index (χ2n) is 5.84. The number of carbonyl (C=O) groups excluding carboxylic acids is 1. The smallest absolute Gasteiger partial charge is 0.246 e. The van der Waals surface area contributed by atoms with Gasteiger partial charge in [0.1, 0.15) is 10.8 Å². The third kappa shape index (κ3) is 5.20. The topological polar surface area (TPSA) is 70.5 Å². The van der Waals surface area contributed by atoms with Gasteiger partial charge in [-0.2, -0.15) is 5.10 Å². The summed E-state index contributed by atoms with van der Waals surface area (Å²) in [7, 11) is 0. The number of hydrazone groups is 1. The lowest BCUT2D eigenvalue weighted by atomic mass is 10.2. The van der Waals surface area contributed by atoms with Gasteiger partial charge in [-0.3, -0.25) is 4.79 Å². The van der Waals surface area contributed by atoms with Crippen LogP contribution in [0.4, 0.5) is 9.52 Å². The molecule has 146 valence electrons. The van der Waals surface area contributed by atoms with Crippen molar-refractivity contribution >= 4 is 39.9 Å². The van der Waals surface area contributed by atoms with Crippen LogP contribution in [0.3, 0.4) is 0 Å². The van der Waals surface area contributed by atoms with Gasteiger partial charge in [-0.25, -0.2) is 19.8 Å². The molecule has 0 saturated carbocycles. The normalized spacial score (nSPS) is 11.1. The first-order chi connectivity index (χ1) is 13.6. The van der Waals surface area contributed by atoms with Gasteiger partial charge in [0.2, 0.25) is 5.91 Å². The van der Waals surface area contributed by atoms with Crippen molar-refractivity contribution < 1.29 is 9.18 Å². The number of thiazole rings is 2. The van der Waals surface area contributed by atoms with Gasteiger partial charge in [0.05, 0.1) is 23.2 Å². The molecule has 3 aromatic rings. The van der Waals surface area contributed by atoms with E-state index in [1.165, 1.54) is 34.8 Å². The van der Waals surface area contributed by atoms with Crippen LogP contribution in [0.25, 0.3) is 10.6 Å². The molecule has 0 bridgehead atoms. The van der Waals surface area contributed by atoms with Gasteiger partial charge >= 0.3 is 0 Å². The van der Waals surface area contributed by atoms with Gasteiger partial charge in [-0.15, -0.1) is 11.3 Å². The highest BCUT2D eigenvalue weighted by Gasteiger charge is 2.09. The van der Waals surface area contributed by atoms with E-state index in [0.717, 1.165) is 33.7 Å². The zero-order chi connectivity index (χ0) is 19.9. The molecular formula is C19H20FN5OS2. The van der Waals surface area contributed by atoms with Crippen molar-refractivity contribution in [2.75, 3.05) is 18.0 Å². The van der Waals surface area contributed by atoms with E-state index < -0.39 is 0 Å². The van der Waals surface area contributed by atoms with Gasteiger partial charge < -0.3 is 4.90 Å². The van der Waals surface area contributed by atoms with Crippen LogP contribution < -0.4 is 10.3 Å². The Bertz CT molecular complexity index is 947. The number of halogens is 1. The summed E-state index contributed by atoms with van der Waals surface area (Å²) in [6, 6.07) is 6.12. The second-order valence-corrected chi connectivity index (χ2v) is 7.74. The number of amides is 1.